The van der Waals surface area contributed by atoms with Crippen molar-refractivity contribution in [2.75, 3.05) is 19.3 Å². The number of ether oxygens (including phenoxy) is 1. The summed E-state index contributed by atoms with van der Waals surface area (Å²) in [5.41, 5.74) is 0.810. The van der Waals surface area contributed by atoms with E-state index in [0.717, 1.165) is 5.70 Å². The van der Waals surface area contributed by atoms with E-state index < -0.39 is 7.34 Å². The largest absolute Gasteiger partial charge is 0.498 e. The summed E-state index contributed by atoms with van der Waals surface area (Å²) in [7, 11) is -2.91. The molecular formula is C10H20NO3P. The lowest BCUT2D eigenvalue weighted by Gasteiger charge is -2.13. The highest BCUT2D eigenvalue weighted by atomic mass is 31.2. The minimum absolute atomic E-state index is 0.257. The van der Waals surface area contributed by atoms with Crippen molar-refractivity contribution in [2.24, 2.45) is 0 Å². The van der Waals surface area contributed by atoms with Crippen molar-refractivity contribution in [3.05, 3.63) is 24.6 Å². The van der Waals surface area contributed by atoms with Crippen LogP contribution in [0.3, 0.4) is 0 Å². The number of nitrogens with one attached hydrogen (secondary N) is 1. The third kappa shape index (κ3) is 11.2. The predicted octanol–water partition coefficient (Wildman–Crippen LogP) is 1.29. The Bertz CT molecular complexity index is 270. The first-order chi connectivity index (χ1) is 6.81. The summed E-state index contributed by atoms with van der Waals surface area (Å²) in [6, 6.07) is 0. The molecule has 0 aliphatic heterocycles. The molecule has 88 valence electrons. The number of rotatable bonds is 8. The van der Waals surface area contributed by atoms with Crippen LogP contribution in [0.4, 0.5) is 0 Å². The maximum atomic E-state index is 9.03. The normalized spacial score (nSPS) is 10.9. The molecule has 0 aliphatic carbocycles. The van der Waals surface area contributed by atoms with Gasteiger partial charge in [-0.25, -0.2) is 0 Å². The number of hydrogen-bond donors (Lipinski definition) is 3. The second kappa shape index (κ2) is 6.72. The highest BCUT2D eigenvalue weighted by Crippen LogP contribution is 2.32. The molecule has 0 aromatic rings. The molecule has 15 heavy (non-hydrogen) atoms. The van der Waals surface area contributed by atoms with Crippen LogP contribution in [0.25, 0.3) is 0 Å². The summed E-state index contributed by atoms with van der Waals surface area (Å²) in [5.74, 6) is 0.677. The summed E-state index contributed by atoms with van der Waals surface area (Å²) in [6.45, 7) is 10.2. The van der Waals surface area contributed by atoms with Crippen molar-refractivity contribution < 1.29 is 14.5 Å². The Labute approximate surface area is 91.4 Å². The maximum Gasteiger partial charge on any atom is 0.113 e. The van der Waals surface area contributed by atoms with Gasteiger partial charge in [0.2, 0.25) is 0 Å². The predicted molar refractivity (Wildman–Crippen MR) is 65.9 cm³/mol. The molecule has 0 heterocycles. The van der Waals surface area contributed by atoms with Crippen LogP contribution in [0.2, 0.25) is 0 Å². The minimum atomic E-state index is -2.91. The average Bonchev–Trinajstić information content (AvgIpc) is 2.00. The van der Waals surface area contributed by atoms with Crippen LogP contribution in [0.5, 0.6) is 0 Å². The van der Waals surface area contributed by atoms with Gasteiger partial charge >= 0.3 is 0 Å². The molecule has 0 unspecified atom stereocenters. The third-order valence-electron chi connectivity index (χ3n) is 1.60. The van der Waals surface area contributed by atoms with Gasteiger partial charge in [-0.3, -0.25) is 0 Å². The van der Waals surface area contributed by atoms with Gasteiger partial charge in [-0.2, -0.15) is 0 Å². The molecule has 3 N–H and O–H groups in total. The van der Waals surface area contributed by atoms with Gasteiger partial charge in [0.25, 0.3) is 0 Å². The fourth-order valence-corrected chi connectivity index (χ4v) is 1.32. The fourth-order valence-electron chi connectivity index (χ4n) is 0.849. The Morgan fingerprint density at radius 2 is 2.00 bits per heavy atom. The Balaban J connectivity index is 3.50. The van der Waals surface area contributed by atoms with Crippen molar-refractivity contribution >= 4 is 13.6 Å². The molecule has 5 heteroatoms. The zero-order chi connectivity index (χ0) is 11.9. The van der Waals surface area contributed by atoms with E-state index >= 15 is 0 Å². The molecule has 0 aromatic carbocycles. The molecule has 0 rings (SSSR count). The topological polar surface area (TPSA) is 61.7 Å². The van der Waals surface area contributed by atoms with E-state index in [9.17, 15) is 0 Å². The van der Waals surface area contributed by atoms with Crippen LogP contribution in [-0.4, -0.2) is 35.4 Å². The van der Waals surface area contributed by atoms with E-state index in [1.807, 2.05) is 0 Å². The van der Waals surface area contributed by atoms with Gasteiger partial charge in [0.05, 0.1) is 12.4 Å². The summed E-state index contributed by atoms with van der Waals surface area (Å²) in [4.78, 5) is 18.1. The van der Waals surface area contributed by atoms with Crippen molar-refractivity contribution in [1.29, 1.82) is 0 Å². The molecule has 0 aliphatic rings. The smallest absolute Gasteiger partial charge is 0.113 e. The first-order valence-electron chi connectivity index (χ1n) is 4.69. The van der Waals surface area contributed by atoms with Crippen LogP contribution < -0.4 is 5.32 Å². The van der Waals surface area contributed by atoms with Gasteiger partial charge < -0.3 is 19.8 Å². The van der Waals surface area contributed by atoms with E-state index in [1.54, 1.807) is 6.92 Å². The first kappa shape index (κ1) is 14.3. The van der Waals surface area contributed by atoms with Gasteiger partial charge in [-0.1, -0.05) is 19.5 Å². The summed E-state index contributed by atoms with van der Waals surface area (Å²) in [5, 5.41) is 2.98. The lowest BCUT2D eigenvalue weighted by atomic mass is 10.3. The molecule has 0 radical (unpaired) electrons. The number of allylic oxidation sites excluding steroid dienone is 1. The van der Waals surface area contributed by atoms with E-state index in [0.29, 0.717) is 25.3 Å². The van der Waals surface area contributed by atoms with Gasteiger partial charge in [-0.05, 0) is 6.92 Å². The SMILES string of the molecule is C=C(CCOC(=C)C)NCCP(=C)(O)O. The van der Waals surface area contributed by atoms with E-state index in [-0.39, 0.29) is 6.16 Å². The molecule has 0 bridgehead atoms. The molecule has 0 saturated carbocycles. The molecule has 0 atom stereocenters. The van der Waals surface area contributed by atoms with E-state index in [1.165, 1.54) is 0 Å². The Morgan fingerprint density at radius 3 is 2.47 bits per heavy atom. The van der Waals surface area contributed by atoms with Crippen LogP contribution in [0.1, 0.15) is 13.3 Å². The van der Waals surface area contributed by atoms with Gasteiger partial charge in [0.15, 0.2) is 0 Å². The Morgan fingerprint density at radius 1 is 1.40 bits per heavy atom. The Hall–Kier alpha value is -0.700. The minimum Gasteiger partial charge on any atom is -0.498 e. The molecule has 0 spiro atoms. The quantitative estimate of drug-likeness (QED) is 0.437. The molecule has 0 aromatic heterocycles. The van der Waals surface area contributed by atoms with Crippen molar-refractivity contribution in [3.8, 4) is 0 Å². The van der Waals surface area contributed by atoms with Crippen LogP contribution in [-0.2, 0) is 4.74 Å². The van der Waals surface area contributed by atoms with Gasteiger partial charge in [-0.15, -0.1) is 0 Å². The van der Waals surface area contributed by atoms with Crippen molar-refractivity contribution in [3.63, 3.8) is 0 Å². The van der Waals surface area contributed by atoms with Gasteiger partial charge in [0, 0.05) is 24.8 Å². The van der Waals surface area contributed by atoms with Crippen LogP contribution in [0, 0.1) is 0 Å². The molecule has 0 fully saturated rings. The molecule has 4 nitrogen and oxygen atoms in total. The zero-order valence-corrected chi connectivity index (χ0v) is 10.1. The number of hydrogen-bond acceptors (Lipinski definition) is 4. The monoisotopic (exact) mass is 233 g/mol. The summed E-state index contributed by atoms with van der Waals surface area (Å²) >= 11 is 0. The van der Waals surface area contributed by atoms with Gasteiger partial charge in [0.1, 0.15) is 7.34 Å². The lowest BCUT2D eigenvalue weighted by Crippen LogP contribution is -2.18. The van der Waals surface area contributed by atoms with Crippen LogP contribution >= 0.6 is 7.34 Å². The molecule has 0 saturated heterocycles. The first-order valence-corrected chi connectivity index (χ1v) is 6.75. The van der Waals surface area contributed by atoms with E-state index in [2.05, 4.69) is 24.8 Å². The lowest BCUT2D eigenvalue weighted by molar-refractivity contribution is 0.218. The zero-order valence-electron chi connectivity index (χ0n) is 9.20. The maximum absolute atomic E-state index is 9.03. The van der Waals surface area contributed by atoms with Crippen molar-refractivity contribution in [2.45, 2.75) is 13.3 Å². The van der Waals surface area contributed by atoms with Crippen LogP contribution in [0.15, 0.2) is 24.6 Å². The summed E-state index contributed by atoms with van der Waals surface area (Å²) < 4.78 is 5.16. The highest BCUT2D eigenvalue weighted by Gasteiger charge is 2.03. The fraction of sp³-hybridized carbons (Fsp3) is 0.500. The van der Waals surface area contributed by atoms with Crippen molar-refractivity contribution in [1.82, 2.24) is 5.32 Å². The second-order valence-electron chi connectivity index (χ2n) is 3.43. The van der Waals surface area contributed by atoms with E-state index in [4.69, 9.17) is 14.5 Å². The standard InChI is InChI=1S/C10H20NO3P/c1-9(2)14-7-5-10(3)11-6-8-15(4,12)13/h11-13H,1,3-8H2,2H3. The molecular weight excluding hydrogens is 213 g/mol. The Kier molecular flexibility index (Phi) is 6.41. The average molecular weight is 233 g/mol. The summed E-state index contributed by atoms with van der Waals surface area (Å²) in [6.07, 6.45) is 4.20. The third-order valence-corrected chi connectivity index (χ3v) is 2.54. The second-order valence-corrected chi connectivity index (χ2v) is 5.64. The highest BCUT2D eigenvalue weighted by molar-refractivity contribution is 7.62. The molecule has 0 amide bonds.